The standard InChI is InChI=1S/2C32H22BF9N.2C7H8.2Rh/c2*1-19-10-9-11-20(2)28(19)43-18-33(26(21-12-5-3-6-13-21)29(43)22-14-7-4-8-15-22)27-24(31(37,38)39)16-23(30(34,35)36)17-25(27)32(40,41)42;2*1-2-7-4-3-6(1)5-7;;/h2*3-18H,1-2H3;2*1-4,6-7H,5H2;;/q2*-1;;;2*+2. The van der Waals surface area contributed by atoms with Crippen LogP contribution in [0.25, 0.3) is 66.9 Å². The molecule has 4 bridgehead atoms. The van der Waals surface area contributed by atoms with Gasteiger partial charge in [-0.3, -0.25) is 0 Å². The zero-order chi connectivity index (χ0) is 72.0. The number of nitrogens with zero attached hydrogens (tertiary/aromatic N) is 2. The number of hydrogen-bond donors (Lipinski definition) is 0. The van der Waals surface area contributed by atoms with Crippen molar-refractivity contribution in [3.8, 4) is 66.9 Å². The summed E-state index contributed by atoms with van der Waals surface area (Å²) in [6, 6.07) is 42.4. The molecule has 24 heteroatoms. The zero-order valence-electron chi connectivity index (χ0n) is 54.3. The molecule has 0 spiro atoms. The molecule has 14 rings (SSSR count). The Kier molecular flexibility index (Phi) is 23.3. The van der Waals surface area contributed by atoms with E-state index in [9.17, 15) is 79.0 Å². The normalized spacial score (nSPS) is 16.5. The average molecular weight is 1590 g/mol. The van der Waals surface area contributed by atoms with Crippen LogP contribution >= 0.6 is 0 Å². The predicted octanol–water partition coefficient (Wildman–Crippen LogP) is 24.5. The van der Waals surface area contributed by atoms with Gasteiger partial charge in [0.1, 0.15) is 0 Å². The van der Waals surface area contributed by atoms with E-state index in [1.54, 1.807) is 195 Å². The minimum atomic E-state index is -5.54. The fraction of sp³-hybridized carbons (Fsp3) is 0.205. The molecule has 2 radical (unpaired) electrons. The number of aromatic nitrogens is 2. The molecule has 0 N–H and O–H groups in total. The Bertz CT molecular complexity index is 4290. The molecule has 102 heavy (non-hydrogen) atoms. The monoisotopic (exact) mass is 1590 g/mol. The third-order valence-electron chi connectivity index (χ3n) is 18.2. The van der Waals surface area contributed by atoms with Crippen molar-refractivity contribution in [1.29, 1.82) is 0 Å². The second-order valence-electron chi connectivity index (χ2n) is 25.1. The Hall–Kier alpha value is -8.34. The first kappa shape index (κ1) is 77.8. The van der Waals surface area contributed by atoms with Crippen molar-refractivity contribution in [3.63, 3.8) is 0 Å². The molecule has 0 unspecified atom stereocenters. The van der Waals surface area contributed by atoms with Crippen LogP contribution in [0.4, 0.5) is 79.0 Å². The Labute approximate surface area is 602 Å². The van der Waals surface area contributed by atoms with Gasteiger partial charge in [-0.2, -0.15) is 113 Å². The second kappa shape index (κ2) is 30.5. The van der Waals surface area contributed by atoms with Crippen LogP contribution < -0.4 is 0 Å². The number of alkyl halides is 18. The van der Waals surface area contributed by atoms with E-state index >= 15 is 0 Å². The van der Waals surface area contributed by atoms with Gasteiger partial charge in [0.15, 0.2) is 0 Å². The van der Waals surface area contributed by atoms with Gasteiger partial charge in [-0.25, -0.2) is 0 Å². The molecule has 0 amide bonds. The molecule has 0 fully saturated rings. The molecule has 0 saturated heterocycles. The maximum Gasteiger partial charge on any atom is 2.00 e. The van der Waals surface area contributed by atoms with Crippen molar-refractivity contribution >= 4 is 12.7 Å². The largest absolute Gasteiger partial charge is 2.00 e. The molecular weight excluding hydrogens is 1530 g/mol. The summed E-state index contributed by atoms with van der Waals surface area (Å²) in [5, 5.41) is 0. The van der Waals surface area contributed by atoms with E-state index in [1.165, 1.54) is 25.0 Å². The van der Waals surface area contributed by atoms with E-state index in [0.717, 1.165) is 23.7 Å². The third-order valence-corrected chi connectivity index (χ3v) is 18.2. The van der Waals surface area contributed by atoms with Gasteiger partial charge in [0.05, 0.1) is 11.1 Å². The summed E-state index contributed by atoms with van der Waals surface area (Å²) in [4.78, 5) is 0. The molecule has 0 aliphatic heterocycles. The number of benzene rings is 8. The van der Waals surface area contributed by atoms with Gasteiger partial charge in [-0.1, -0.05) is 230 Å². The Balaban J connectivity index is 0.000000194. The van der Waals surface area contributed by atoms with Crippen molar-refractivity contribution in [2.24, 2.45) is 23.7 Å². The molecule has 0 atom stereocenters. The van der Waals surface area contributed by atoms with Crippen molar-refractivity contribution in [1.82, 2.24) is 9.13 Å². The van der Waals surface area contributed by atoms with E-state index < -0.39 is 94.1 Å². The summed E-state index contributed by atoms with van der Waals surface area (Å²) >= 11 is 0. The van der Waals surface area contributed by atoms with Gasteiger partial charge in [0, 0.05) is 45.0 Å². The minimum absolute atomic E-state index is 0. The van der Waals surface area contributed by atoms with Crippen LogP contribution in [0.5, 0.6) is 0 Å². The van der Waals surface area contributed by atoms with Crippen molar-refractivity contribution in [3.05, 3.63) is 298 Å². The van der Waals surface area contributed by atoms with E-state index in [2.05, 4.69) is 48.6 Å². The van der Waals surface area contributed by atoms with Crippen LogP contribution in [-0.4, -0.2) is 21.8 Å². The summed E-state index contributed by atoms with van der Waals surface area (Å²) in [7, 11) is 0. The van der Waals surface area contributed by atoms with Gasteiger partial charge in [-0.05, 0) is 122 Å². The van der Waals surface area contributed by atoms with E-state index in [0.29, 0.717) is 67.3 Å². The summed E-state index contributed by atoms with van der Waals surface area (Å²) in [5.41, 5.74) is -8.39. The Morgan fingerprint density at radius 2 is 0.520 bits per heavy atom. The number of aryl methyl sites for hydroxylation is 4. The number of rotatable bonds is 8. The smallest absolute Gasteiger partial charge is 0.362 e. The number of fused-ring (bicyclic) bond motifs is 4. The maximum atomic E-state index is 14.6. The average Bonchev–Trinajstić information content (AvgIpc) is 1.50. The van der Waals surface area contributed by atoms with Gasteiger partial charge in [0.25, 0.3) is 0 Å². The molecule has 10 aromatic rings. The predicted molar refractivity (Wildman–Crippen MR) is 357 cm³/mol. The number of para-hydroxylation sites is 2. The third kappa shape index (κ3) is 16.8. The van der Waals surface area contributed by atoms with E-state index in [1.807, 2.05) is 0 Å². The first-order chi connectivity index (χ1) is 47.1. The molecule has 4 aliphatic rings. The summed E-state index contributed by atoms with van der Waals surface area (Å²) < 4.78 is 260. The Morgan fingerprint density at radius 1 is 0.294 bits per heavy atom. The van der Waals surface area contributed by atoms with Crippen molar-refractivity contribution < 1.29 is 118 Å². The van der Waals surface area contributed by atoms with Crippen LogP contribution in [-0.2, 0) is 76.0 Å². The first-order valence-corrected chi connectivity index (χ1v) is 31.7. The van der Waals surface area contributed by atoms with Crippen LogP contribution in [0.1, 0.15) is 68.5 Å². The first-order valence-electron chi connectivity index (χ1n) is 31.7. The quantitative estimate of drug-likeness (QED) is 0.0815. The van der Waals surface area contributed by atoms with Crippen molar-refractivity contribution in [2.45, 2.75) is 77.6 Å². The molecule has 8 aromatic carbocycles. The Morgan fingerprint density at radius 3 is 0.716 bits per heavy atom. The fourth-order valence-corrected chi connectivity index (χ4v) is 13.9. The summed E-state index contributed by atoms with van der Waals surface area (Å²) in [6.07, 6.45) is -12.9. The zero-order valence-corrected chi connectivity index (χ0v) is 57.6. The summed E-state index contributed by atoms with van der Waals surface area (Å²) in [5.74, 6) is 3.24. The van der Waals surface area contributed by atoms with Crippen LogP contribution in [0.2, 0.25) is 0 Å². The SMILES string of the molecule is C1=CC2C=CC1C2.C1=CC2C=CC1C2.Cc1cccc(C)c1-n1c[b-](-c2c(C(F)(F)F)cc(C(F)(F)F)cc2C(F)(F)F)c(-c2ccccc2)c1-c1ccccc1.Cc1cccc(C)c1-n1c[b-](-c2c(C(F)(F)F)cc(C(F)(F)F)cc2C(F)(F)F)c(-c2ccccc2)c1-c1ccccc1.[Rh+2].[Rh+2]. The molecule has 2 nitrogen and oxygen atoms in total. The maximum absolute atomic E-state index is 14.6. The number of allylic oxidation sites excluding steroid dienone is 8. The van der Waals surface area contributed by atoms with Crippen molar-refractivity contribution in [2.75, 3.05) is 0 Å². The van der Waals surface area contributed by atoms with E-state index in [4.69, 9.17) is 0 Å². The van der Waals surface area contributed by atoms with Crippen LogP contribution in [0.15, 0.2) is 243 Å². The van der Waals surface area contributed by atoms with Gasteiger partial charge in [0.2, 0.25) is 0 Å². The molecule has 2 aromatic heterocycles. The van der Waals surface area contributed by atoms with E-state index in [-0.39, 0.29) is 74.1 Å². The molecular formula is C78H60B2F18N2Rh2+2. The molecule has 530 valence electrons. The fourth-order valence-electron chi connectivity index (χ4n) is 13.9. The van der Waals surface area contributed by atoms with Gasteiger partial charge < -0.3 is 9.13 Å². The van der Waals surface area contributed by atoms with Gasteiger partial charge >= 0.3 is 76.0 Å². The summed E-state index contributed by atoms with van der Waals surface area (Å²) in [6.45, 7) is 7.03. The topological polar surface area (TPSA) is 9.86 Å². The van der Waals surface area contributed by atoms with Gasteiger partial charge in [-0.15, -0.1) is 0 Å². The molecule has 2 heterocycles. The minimum Gasteiger partial charge on any atom is -0.362 e. The number of hydrogen-bond acceptors (Lipinski definition) is 0. The van der Waals surface area contributed by atoms with Crippen LogP contribution in [0, 0.1) is 51.4 Å². The number of halogens is 18. The van der Waals surface area contributed by atoms with Crippen LogP contribution in [0.3, 0.4) is 0 Å². The molecule has 0 saturated carbocycles. The second-order valence-corrected chi connectivity index (χ2v) is 25.1. The molecule has 4 aliphatic carbocycles.